The molecule has 0 fully saturated rings. The smallest absolute Gasteiger partial charge is 0.284 e. The van der Waals surface area contributed by atoms with E-state index in [0.29, 0.717) is 16.7 Å². The first-order valence-corrected chi connectivity index (χ1v) is 6.62. The average molecular weight is 295 g/mol. The van der Waals surface area contributed by atoms with Crippen molar-refractivity contribution < 1.29 is 14.3 Å². The lowest BCUT2D eigenvalue weighted by Crippen LogP contribution is -2.06. The van der Waals surface area contributed by atoms with Crippen LogP contribution in [-0.2, 0) is 0 Å². The number of benzene rings is 2. The number of aromatic nitrogens is 1. The first-order valence-electron chi connectivity index (χ1n) is 6.62. The van der Waals surface area contributed by atoms with Crippen LogP contribution in [0, 0.1) is 0 Å². The van der Waals surface area contributed by atoms with Crippen LogP contribution in [0.3, 0.4) is 0 Å². The van der Waals surface area contributed by atoms with Gasteiger partial charge in [-0.1, -0.05) is 18.2 Å². The van der Waals surface area contributed by atoms with Crippen LogP contribution in [0.15, 0.2) is 51.7 Å². The molecule has 3 rings (SSSR count). The highest BCUT2D eigenvalue weighted by Crippen LogP contribution is 2.27. The molecule has 1 aromatic heterocycles. The van der Waals surface area contributed by atoms with E-state index in [-0.39, 0.29) is 17.2 Å². The summed E-state index contributed by atoms with van der Waals surface area (Å²) in [7, 11) is 1.48. The summed E-state index contributed by atoms with van der Waals surface area (Å²) in [5.41, 5.74) is 0.947. The van der Waals surface area contributed by atoms with E-state index in [1.807, 2.05) is 0 Å². The van der Waals surface area contributed by atoms with Crippen molar-refractivity contribution in [2.24, 2.45) is 0 Å². The molecule has 5 heteroatoms. The summed E-state index contributed by atoms with van der Waals surface area (Å²) in [6, 6.07) is 11.9. The molecule has 110 valence electrons. The van der Waals surface area contributed by atoms with Crippen LogP contribution in [0.25, 0.3) is 23.1 Å². The molecule has 0 aliphatic carbocycles. The largest absolute Gasteiger partial charge is 0.504 e. The second-order valence-corrected chi connectivity index (χ2v) is 4.62. The number of rotatable bonds is 3. The molecular formula is C17H13NO4. The van der Waals surface area contributed by atoms with Crippen LogP contribution in [0.5, 0.6) is 11.5 Å². The minimum Gasteiger partial charge on any atom is -0.504 e. The third-order valence-corrected chi connectivity index (χ3v) is 3.17. The van der Waals surface area contributed by atoms with Gasteiger partial charge in [0.05, 0.1) is 12.5 Å². The molecule has 0 unspecified atom stereocenters. The van der Waals surface area contributed by atoms with Crippen LogP contribution in [0.1, 0.15) is 11.5 Å². The Bertz CT molecular complexity index is 912. The number of phenolic OH excluding ortho intramolecular Hbond substituents is 1. The number of fused-ring (bicyclic) bond motifs is 1. The van der Waals surface area contributed by atoms with Gasteiger partial charge in [-0.15, -0.1) is 0 Å². The van der Waals surface area contributed by atoms with Crippen LogP contribution in [0.4, 0.5) is 0 Å². The first-order chi connectivity index (χ1) is 10.7. The maximum absolute atomic E-state index is 11.9. The summed E-state index contributed by atoms with van der Waals surface area (Å²) in [5, 5.41) is 10.0. The Hall–Kier alpha value is -3.08. The molecule has 1 heterocycles. The fourth-order valence-electron chi connectivity index (χ4n) is 2.06. The third kappa shape index (κ3) is 2.69. The lowest BCUT2D eigenvalue weighted by molar-refractivity contribution is 0.373. The molecule has 3 aromatic rings. The maximum Gasteiger partial charge on any atom is 0.284 e. The predicted molar refractivity (Wildman–Crippen MR) is 83.9 cm³/mol. The molecule has 0 radical (unpaired) electrons. The fourth-order valence-corrected chi connectivity index (χ4v) is 2.06. The monoisotopic (exact) mass is 295 g/mol. The van der Waals surface area contributed by atoms with E-state index >= 15 is 0 Å². The van der Waals surface area contributed by atoms with Crippen molar-refractivity contribution in [2.45, 2.75) is 0 Å². The standard InChI is InChI=1S/C17H13NO4/c1-21-15-10-11(6-8-13(15)19)7-9-16-18-17(20)12-4-2-3-5-14(12)22-16/h2-10,19H,1H3. The minimum absolute atomic E-state index is 0.0648. The van der Waals surface area contributed by atoms with Gasteiger partial charge in [-0.2, -0.15) is 4.98 Å². The molecule has 0 saturated carbocycles. The van der Waals surface area contributed by atoms with Gasteiger partial charge < -0.3 is 14.3 Å². The van der Waals surface area contributed by atoms with Gasteiger partial charge in [-0.05, 0) is 35.9 Å². The van der Waals surface area contributed by atoms with Crippen molar-refractivity contribution in [2.75, 3.05) is 7.11 Å². The van der Waals surface area contributed by atoms with Gasteiger partial charge >= 0.3 is 0 Å². The maximum atomic E-state index is 11.9. The normalized spacial score (nSPS) is 11.1. The van der Waals surface area contributed by atoms with Crippen molar-refractivity contribution >= 4 is 23.1 Å². The van der Waals surface area contributed by atoms with E-state index in [0.717, 1.165) is 5.56 Å². The molecule has 0 atom stereocenters. The molecule has 5 nitrogen and oxygen atoms in total. The molecule has 2 aromatic carbocycles. The highest BCUT2D eigenvalue weighted by molar-refractivity contribution is 5.76. The van der Waals surface area contributed by atoms with E-state index < -0.39 is 0 Å². The van der Waals surface area contributed by atoms with Crippen molar-refractivity contribution in [1.29, 1.82) is 0 Å². The Balaban J connectivity index is 1.97. The molecule has 0 saturated heterocycles. The van der Waals surface area contributed by atoms with Crippen LogP contribution < -0.4 is 10.3 Å². The summed E-state index contributed by atoms with van der Waals surface area (Å²) >= 11 is 0. The summed E-state index contributed by atoms with van der Waals surface area (Å²) in [4.78, 5) is 15.8. The number of hydrogen-bond donors (Lipinski definition) is 1. The number of hydrogen-bond acceptors (Lipinski definition) is 5. The molecule has 1 N–H and O–H groups in total. The van der Waals surface area contributed by atoms with Crippen molar-refractivity contribution in [3.8, 4) is 11.5 Å². The van der Waals surface area contributed by atoms with E-state index in [9.17, 15) is 9.90 Å². The molecule has 0 spiro atoms. The first kappa shape index (κ1) is 13.9. The lowest BCUT2D eigenvalue weighted by atomic mass is 10.2. The van der Waals surface area contributed by atoms with Gasteiger partial charge in [0.25, 0.3) is 5.56 Å². The van der Waals surface area contributed by atoms with Gasteiger partial charge in [-0.25, -0.2) is 0 Å². The van der Waals surface area contributed by atoms with Crippen molar-refractivity contribution in [1.82, 2.24) is 4.98 Å². The number of nitrogens with zero attached hydrogens (tertiary/aromatic N) is 1. The van der Waals surface area contributed by atoms with Crippen LogP contribution >= 0.6 is 0 Å². The van der Waals surface area contributed by atoms with Crippen molar-refractivity contribution in [3.63, 3.8) is 0 Å². The van der Waals surface area contributed by atoms with E-state index in [4.69, 9.17) is 9.15 Å². The summed E-state index contributed by atoms with van der Waals surface area (Å²) in [5.74, 6) is 0.654. The predicted octanol–water partition coefficient (Wildman–Crippen LogP) is 3.07. The zero-order valence-electron chi connectivity index (χ0n) is 11.8. The lowest BCUT2D eigenvalue weighted by Gasteiger charge is -2.03. The minimum atomic E-state index is -0.329. The second-order valence-electron chi connectivity index (χ2n) is 4.62. The van der Waals surface area contributed by atoms with Crippen molar-refractivity contribution in [3.05, 3.63) is 64.3 Å². The Labute approximate surface area is 126 Å². The van der Waals surface area contributed by atoms with Gasteiger partial charge in [0.15, 0.2) is 11.5 Å². The molecule has 0 bridgehead atoms. The topological polar surface area (TPSA) is 72.6 Å². The van der Waals surface area contributed by atoms with Crippen LogP contribution in [0.2, 0.25) is 0 Å². The van der Waals surface area contributed by atoms with E-state index in [1.165, 1.54) is 13.2 Å². The van der Waals surface area contributed by atoms with E-state index in [2.05, 4.69) is 4.98 Å². The molecule has 0 amide bonds. The average Bonchev–Trinajstić information content (AvgIpc) is 2.54. The number of aromatic hydroxyl groups is 1. The summed E-state index contributed by atoms with van der Waals surface area (Å²) in [6.45, 7) is 0. The summed E-state index contributed by atoms with van der Waals surface area (Å²) < 4.78 is 10.6. The van der Waals surface area contributed by atoms with Gasteiger partial charge in [-0.3, -0.25) is 4.79 Å². The third-order valence-electron chi connectivity index (χ3n) is 3.17. The summed E-state index contributed by atoms with van der Waals surface area (Å²) in [6.07, 6.45) is 3.32. The van der Waals surface area contributed by atoms with E-state index in [1.54, 1.807) is 48.6 Å². The highest BCUT2D eigenvalue weighted by atomic mass is 16.5. The van der Waals surface area contributed by atoms with Crippen LogP contribution in [-0.4, -0.2) is 17.2 Å². The Morgan fingerprint density at radius 1 is 1.18 bits per heavy atom. The molecule has 22 heavy (non-hydrogen) atoms. The Kier molecular flexibility index (Phi) is 3.62. The number of methoxy groups -OCH3 is 1. The fraction of sp³-hybridized carbons (Fsp3) is 0.0588. The number of para-hydroxylation sites is 1. The SMILES string of the molecule is COc1cc(C=Cc2nc(=O)c3ccccc3o2)ccc1O. The van der Waals surface area contributed by atoms with Gasteiger partial charge in [0, 0.05) is 6.08 Å². The molecule has 0 aliphatic heterocycles. The van der Waals surface area contributed by atoms with Gasteiger partial charge in [0.1, 0.15) is 5.58 Å². The quantitative estimate of drug-likeness (QED) is 0.804. The Morgan fingerprint density at radius 2 is 2.00 bits per heavy atom. The zero-order chi connectivity index (χ0) is 15.5. The number of ether oxygens (including phenoxy) is 1. The Morgan fingerprint density at radius 3 is 2.82 bits per heavy atom. The zero-order valence-corrected chi connectivity index (χ0v) is 11.8. The molecular weight excluding hydrogens is 282 g/mol. The molecule has 0 aliphatic rings. The van der Waals surface area contributed by atoms with Gasteiger partial charge in [0.2, 0.25) is 5.89 Å². The second kappa shape index (κ2) is 5.73. The highest BCUT2D eigenvalue weighted by Gasteiger charge is 2.04. The number of phenols is 1.